The molecule has 0 aliphatic heterocycles. The summed E-state index contributed by atoms with van der Waals surface area (Å²) >= 11 is 0. The van der Waals surface area contributed by atoms with E-state index < -0.39 is 12.1 Å². The highest BCUT2D eigenvalue weighted by molar-refractivity contribution is 6.07. The average molecular weight is 398 g/mol. The first-order valence-corrected chi connectivity index (χ1v) is 10.6. The molecule has 8 nitrogen and oxygen atoms in total. The summed E-state index contributed by atoms with van der Waals surface area (Å²) in [6.07, 6.45) is 5.88. The van der Waals surface area contributed by atoms with E-state index in [0.717, 1.165) is 49.8 Å². The quantitative estimate of drug-likeness (QED) is 0.719. The number of carbonyl (C=O) groups excluding carboxylic acids is 2. The van der Waals surface area contributed by atoms with Gasteiger partial charge >= 0.3 is 0 Å². The molecule has 0 radical (unpaired) electrons. The number of aliphatic hydroxyl groups excluding tert-OH is 1. The molecule has 2 heterocycles. The molecular weight excluding hydrogens is 372 g/mol. The summed E-state index contributed by atoms with van der Waals surface area (Å²) < 4.78 is 5.31. The number of aryl methyl sites for hydroxylation is 2. The van der Waals surface area contributed by atoms with Crippen molar-refractivity contribution in [3.8, 4) is 0 Å². The lowest BCUT2D eigenvalue weighted by molar-refractivity contribution is -0.126. The maximum atomic E-state index is 13.3. The number of fused-ring (bicyclic) bond motifs is 2. The number of rotatable bonds is 4. The Bertz CT molecular complexity index is 981. The summed E-state index contributed by atoms with van der Waals surface area (Å²) in [5.74, 6) is -0.519. The van der Waals surface area contributed by atoms with Crippen LogP contribution in [-0.4, -0.2) is 45.2 Å². The molecule has 3 N–H and O–H groups in total. The predicted octanol–water partition coefficient (Wildman–Crippen LogP) is 1.56. The van der Waals surface area contributed by atoms with Crippen molar-refractivity contribution in [2.45, 2.75) is 76.5 Å². The smallest absolute Gasteiger partial charge is 0.259 e. The lowest BCUT2D eigenvalue weighted by atomic mass is 9.92. The second-order valence-electron chi connectivity index (χ2n) is 8.67. The Kier molecular flexibility index (Phi) is 4.53. The van der Waals surface area contributed by atoms with Gasteiger partial charge in [0.2, 0.25) is 5.91 Å². The van der Waals surface area contributed by atoms with Gasteiger partial charge in [-0.05, 0) is 63.9 Å². The van der Waals surface area contributed by atoms with Crippen molar-refractivity contribution in [3.63, 3.8) is 0 Å². The zero-order valence-corrected chi connectivity index (χ0v) is 16.5. The minimum absolute atomic E-state index is 0.00688. The monoisotopic (exact) mass is 398 g/mol. The summed E-state index contributed by atoms with van der Waals surface area (Å²) in [4.78, 5) is 30.3. The topological polar surface area (TPSA) is 117 Å². The molecule has 154 valence electrons. The number of nitrogens with zero attached hydrogens (tertiary/aromatic N) is 2. The Morgan fingerprint density at radius 3 is 2.72 bits per heavy atom. The zero-order valence-electron chi connectivity index (χ0n) is 16.5. The van der Waals surface area contributed by atoms with Crippen LogP contribution in [-0.2, 0) is 17.6 Å². The fourth-order valence-electron chi connectivity index (χ4n) is 4.86. The van der Waals surface area contributed by atoms with E-state index in [1.54, 1.807) is 6.92 Å². The molecule has 2 aromatic heterocycles. The standard InChI is InChI=1S/C21H26N4O4/c1-10-17-18(13-6-3-7-14(13)24-21(17)29-25-10)20(28)23-15-8-11(9-16(15)26)19(27)22-12-4-2-5-12/h11-12,15-16,26H,2-9H2,1H3,(H,22,27)(H,23,28)/t11-,15-,16-/m0/s1. The summed E-state index contributed by atoms with van der Waals surface area (Å²) in [6, 6.07) is -0.169. The molecule has 3 aliphatic carbocycles. The van der Waals surface area contributed by atoms with Crippen LogP contribution in [0.2, 0.25) is 0 Å². The first-order valence-electron chi connectivity index (χ1n) is 10.6. The van der Waals surface area contributed by atoms with Gasteiger partial charge < -0.3 is 20.3 Å². The number of aliphatic hydroxyl groups is 1. The molecule has 0 unspecified atom stereocenters. The summed E-state index contributed by atoms with van der Waals surface area (Å²) in [7, 11) is 0. The van der Waals surface area contributed by atoms with Crippen molar-refractivity contribution in [2.75, 3.05) is 0 Å². The van der Waals surface area contributed by atoms with Crippen molar-refractivity contribution >= 4 is 22.9 Å². The van der Waals surface area contributed by atoms with Crippen molar-refractivity contribution in [1.29, 1.82) is 0 Å². The number of carbonyl (C=O) groups is 2. The lowest BCUT2D eigenvalue weighted by Crippen LogP contribution is -2.43. The molecule has 5 rings (SSSR count). The Balaban J connectivity index is 1.36. The molecule has 3 atom stereocenters. The normalized spacial score (nSPS) is 26.3. The Labute approximate surface area is 168 Å². The largest absolute Gasteiger partial charge is 0.391 e. The van der Waals surface area contributed by atoms with E-state index in [-0.39, 0.29) is 23.8 Å². The van der Waals surface area contributed by atoms with Crippen LogP contribution in [0.25, 0.3) is 11.1 Å². The van der Waals surface area contributed by atoms with Crippen molar-refractivity contribution in [3.05, 3.63) is 22.5 Å². The van der Waals surface area contributed by atoms with E-state index in [4.69, 9.17) is 4.52 Å². The molecule has 0 aromatic carbocycles. The van der Waals surface area contributed by atoms with Crippen molar-refractivity contribution in [2.24, 2.45) is 5.92 Å². The van der Waals surface area contributed by atoms with E-state index in [1.807, 2.05) is 0 Å². The molecule has 0 spiro atoms. The van der Waals surface area contributed by atoms with Crippen LogP contribution < -0.4 is 10.6 Å². The van der Waals surface area contributed by atoms with Gasteiger partial charge in [0, 0.05) is 17.7 Å². The fraction of sp³-hybridized carbons (Fsp3) is 0.619. The minimum Gasteiger partial charge on any atom is -0.391 e. The molecule has 8 heteroatoms. The maximum Gasteiger partial charge on any atom is 0.259 e. The van der Waals surface area contributed by atoms with Crippen LogP contribution in [0, 0.1) is 12.8 Å². The van der Waals surface area contributed by atoms with Gasteiger partial charge in [0.25, 0.3) is 11.6 Å². The molecule has 29 heavy (non-hydrogen) atoms. The van der Waals surface area contributed by atoms with Crippen LogP contribution in [0.1, 0.15) is 65.8 Å². The van der Waals surface area contributed by atoms with Gasteiger partial charge in [-0.3, -0.25) is 9.59 Å². The Morgan fingerprint density at radius 2 is 1.97 bits per heavy atom. The second kappa shape index (κ2) is 7.09. The number of aromatic nitrogens is 2. The van der Waals surface area contributed by atoms with Gasteiger partial charge in [-0.1, -0.05) is 5.16 Å². The molecular formula is C21H26N4O4. The fourth-order valence-corrected chi connectivity index (χ4v) is 4.86. The van der Waals surface area contributed by atoms with Crippen molar-refractivity contribution < 1.29 is 19.2 Å². The maximum absolute atomic E-state index is 13.3. The molecule has 2 aromatic rings. The van der Waals surface area contributed by atoms with E-state index in [1.165, 1.54) is 0 Å². The first kappa shape index (κ1) is 18.5. The van der Waals surface area contributed by atoms with Gasteiger partial charge in [0.15, 0.2) is 0 Å². The van der Waals surface area contributed by atoms with Crippen LogP contribution in [0.4, 0.5) is 0 Å². The molecule has 2 fully saturated rings. The number of pyridine rings is 1. The lowest BCUT2D eigenvalue weighted by Gasteiger charge is -2.27. The zero-order chi connectivity index (χ0) is 20.1. The number of nitrogens with one attached hydrogen (secondary N) is 2. The highest BCUT2D eigenvalue weighted by Gasteiger charge is 2.39. The highest BCUT2D eigenvalue weighted by Crippen LogP contribution is 2.33. The van der Waals surface area contributed by atoms with Crippen LogP contribution >= 0.6 is 0 Å². The third kappa shape index (κ3) is 3.19. The van der Waals surface area contributed by atoms with Gasteiger partial charge in [-0.15, -0.1) is 0 Å². The van der Waals surface area contributed by atoms with E-state index in [2.05, 4.69) is 20.8 Å². The molecule has 2 saturated carbocycles. The number of hydrogen-bond donors (Lipinski definition) is 3. The first-order chi connectivity index (χ1) is 14.0. The van der Waals surface area contributed by atoms with Gasteiger partial charge in [0.05, 0.1) is 28.8 Å². The highest BCUT2D eigenvalue weighted by atomic mass is 16.5. The second-order valence-corrected chi connectivity index (χ2v) is 8.67. The summed E-state index contributed by atoms with van der Waals surface area (Å²) in [5, 5.41) is 21.2. The predicted molar refractivity (Wildman–Crippen MR) is 104 cm³/mol. The molecule has 0 bridgehead atoms. The Hall–Kier alpha value is -2.48. The van der Waals surface area contributed by atoms with Crippen LogP contribution in [0.3, 0.4) is 0 Å². The van der Waals surface area contributed by atoms with E-state index >= 15 is 0 Å². The molecule has 0 saturated heterocycles. The van der Waals surface area contributed by atoms with E-state index in [0.29, 0.717) is 35.2 Å². The van der Waals surface area contributed by atoms with Gasteiger partial charge in [-0.25, -0.2) is 4.98 Å². The molecule has 2 amide bonds. The third-order valence-electron chi connectivity index (χ3n) is 6.72. The Morgan fingerprint density at radius 1 is 1.14 bits per heavy atom. The molecule has 3 aliphatic rings. The minimum atomic E-state index is -0.731. The SMILES string of the molecule is Cc1noc2nc3c(c(C(=O)N[C@H]4C[C@H](C(=O)NC5CCC5)C[C@@H]4O)c12)CCC3. The van der Waals surface area contributed by atoms with Gasteiger partial charge in [0.1, 0.15) is 0 Å². The van der Waals surface area contributed by atoms with E-state index in [9.17, 15) is 14.7 Å². The van der Waals surface area contributed by atoms with Crippen LogP contribution in [0.15, 0.2) is 4.52 Å². The van der Waals surface area contributed by atoms with Crippen molar-refractivity contribution in [1.82, 2.24) is 20.8 Å². The number of amides is 2. The average Bonchev–Trinajstić information content (AvgIpc) is 3.36. The summed E-state index contributed by atoms with van der Waals surface area (Å²) in [5.41, 5.74) is 3.43. The summed E-state index contributed by atoms with van der Waals surface area (Å²) in [6.45, 7) is 1.80. The van der Waals surface area contributed by atoms with Crippen LogP contribution in [0.5, 0.6) is 0 Å². The third-order valence-corrected chi connectivity index (χ3v) is 6.72. The number of hydrogen-bond acceptors (Lipinski definition) is 6. The van der Waals surface area contributed by atoms with Gasteiger partial charge in [-0.2, -0.15) is 0 Å².